The van der Waals surface area contributed by atoms with Crippen molar-refractivity contribution in [1.29, 1.82) is 0 Å². The third-order valence-corrected chi connectivity index (χ3v) is 8.48. The second-order valence-corrected chi connectivity index (χ2v) is 10.5. The van der Waals surface area contributed by atoms with Crippen molar-refractivity contribution >= 4 is 15.9 Å². The minimum Gasteiger partial charge on any atom is -0.349 e. The van der Waals surface area contributed by atoms with E-state index in [-0.39, 0.29) is 16.8 Å². The predicted molar refractivity (Wildman–Crippen MR) is 115 cm³/mol. The molecule has 1 saturated carbocycles. The van der Waals surface area contributed by atoms with Crippen LogP contribution in [0.15, 0.2) is 59.5 Å². The van der Waals surface area contributed by atoms with Gasteiger partial charge in [0.05, 0.1) is 4.90 Å². The van der Waals surface area contributed by atoms with E-state index in [9.17, 15) is 13.2 Å². The number of carbonyl (C=O) groups is 1. The average Bonchev–Trinajstić information content (AvgIpc) is 3.37. The van der Waals surface area contributed by atoms with Crippen molar-refractivity contribution in [2.24, 2.45) is 0 Å². The first-order valence-electron chi connectivity index (χ1n) is 10.7. The highest BCUT2D eigenvalue weighted by atomic mass is 32.2. The van der Waals surface area contributed by atoms with E-state index >= 15 is 0 Å². The topological polar surface area (TPSA) is 69.7 Å². The Morgan fingerprint density at radius 3 is 2.67 bits per heavy atom. The lowest BCUT2D eigenvalue weighted by atomic mass is 10.1. The van der Waals surface area contributed by atoms with E-state index in [0.29, 0.717) is 30.6 Å². The molecule has 6 nitrogen and oxygen atoms in total. The fourth-order valence-electron chi connectivity index (χ4n) is 4.80. The summed E-state index contributed by atoms with van der Waals surface area (Å²) < 4.78 is 28.0. The molecular formula is C23H27N3O3S. The summed E-state index contributed by atoms with van der Waals surface area (Å²) in [4.78, 5) is 15.3. The Morgan fingerprint density at radius 1 is 1.00 bits per heavy atom. The van der Waals surface area contributed by atoms with Gasteiger partial charge in [-0.1, -0.05) is 36.4 Å². The van der Waals surface area contributed by atoms with Crippen LogP contribution in [0.5, 0.6) is 0 Å². The van der Waals surface area contributed by atoms with Gasteiger partial charge in [0.2, 0.25) is 10.0 Å². The van der Waals surface area contributed by atoms with Crippen molar-refractivity contribution < 1.29 is 13.2 Å². The van der Waals surface area contributed by atoms with Gasteiger partial charge in [0.15, 0.2) is 0 Å². The van der Waals surface area contributed by atoms with Gasteiger partial charge < -0.3 is 5.32 Å². The van der Waals surface area contributed by atoms with Crippen LogP contribution in [0.2, 0.25) is 0 Å². The van der Waals surface area contributed by atoms with Crippen molar-refractivity contribution in [2.45, 2.75) is 42.2 Å². The summed E-state index contributed by atoms with van der Waals surface area (Å²) in [5.74, 6) is 0.126. The summed E-state index contributed by atoms with van der Waals surface area (Å²) in [6, 6.07) is 17.0. The van der Waals surface area contributed by atoms with Gasteiger partial charge in [-0.2, -0.15) is 4.31 Å². The lowest BCUT2D eigenvalue weighted by molar-refractivity contribution is 0.0950. The predicted octanol–water partition coefficient (Wildman–Crippen LogP) is 2.44. The van der Waals surface area contributed by atoms with Crippen LogP contribution in [0.3, 0.4) is 0 Å². The SMILES string of the molecule is O=C(N[C@@H]1C[C@H]1c1ccccc1)c1cccc(S(=O)(=O)N2CCN3CCC[C@H]3C2)c1. The van der Waals surface area contributed by atoms with Gasteiger partial charge in [0, 0.05) is 43.2 Å². The van der Waals surface area contributed by atoms with Crippen molar-refractivity contribution in [2.75, 3.05) is 26.2 Å². The molecule has 0 bridgehead atoms. The number of carbonyl (C=O) groups excluding carboxylic acids is 1. The Labute approximate surface area is 177 Å². The van der Waals surface area contributed by atoms with Crippen LogP contribution in [0, 0.1) is 0 Å². The molecule has 0 unspecified atom stereocenters. The minimum absolute atomic E-state index is 0.107. The van der Waals surface area contributed by atoms with Crippen LogP contribution in [0.1, 0.15) is 41.1 Å². The van der Waals surface area contributed by atoms with E-state index in [1.807, 2.05) is 18.2 Å². The minimum atomic E-state index is -3.60. The molecule has 158 valence electrons. The Balaban J connectivity index is 1.27. The van der Waals surface area contributed by atoms with Crippen molar-refractivity contribution in [1.82, 2.24) is 14.5 Å². The highest BCUT2D eigenvalue weighted by Crippen LogP contribution is 2.40. The normalized spacial score (nSPS) is 26.9. The summed E-state index contributed by atoms with van der Waals surface area (Å²) in [6.45, 7) is 2.90. The molecule has 7 heteroatoms. The van der Waals surface area contributed by atoms with Gasteiger partial charge in [0.25, 0.3) is 5.91 Å². The van der Waals surface area contributed by atoms with E-state index in [2.05, 4.69) is 22.3 Å². The lowest BCUT2D eigenvalue weighted by Gasteiger charge is -2.36. The van der Waals surface area contributed by atoms with Crippen molar-refractivity contribution in [3.63, 3.8) is 0 Å². The second kappa shape index (κ2) is 7.80. The molecule has 2 aliphatic heterocycles. The van der Waals surface area contributed by atoms with Gasteiger partial charge in [-0.3, -0.25) is 9.69 Å². The summed E-state index contributed by atoms with van der Waals surface area (Å²) in [6.07, 6.45) is 3.11. The summed E-state index contributed by atoms with van der Waals surface area (Å²) in [5, 5.41) is 3.05. The van der Waals surface area contributed by atoms with E-state index in [4.69, 9.17) is 0 Å². The molecule has 1 N–H and O–H groups in total. The number of nitrogens with one attached hydrogen (secondary N) is 1. The largest absolute Gasteiger partial charge is 0.349 e. The first-order chi connectivity index (χ1) is 14.5. The fourth-order valence-corrected chi connectivity index (χ4v) is 6.32. The zero-order valence-electron chi connectivity index (χ0n) is 16.9. The summed E-state index contributed by atoms with van der Waals surface area (Å²) in [5.41, 5.74) is 1.62. The number of hydrogen-bond donors (Lipinski definition) is 1. The van der Waals surface area contributed by atoms with Crippen LogP contribution in [-0.2, 0) is 10.0 Å². The number of sulfonamides is 1. The molecular weight excluding hydrogens is 398 g/mol. The van der Waals surface area contributed by atoms with Gasteiger partial charge in [-0.15, -0.1) is 0 Å². The van der Waals surface area contributed by atoms with Crippen LogP contribution >= 0.6 is 0 Å². The maximum atomic E-state index is 13.2. The number of nitrogens with zero attached hydrogens (tertiary/aromatic N) is 2. The molecule has 2 aromatic carbocycles. The van der Waals surface area contributed by atoms with Gasteiger partial charge in [-0.05, 0) is 49.6 Å². The average molecular weight is 426 g/mol. The smallest absolute Gasteiger partial charge is 0.251 e. The molecule has 2 heterocycles. The van der Waals surface area contributed by atoms with Crippen LogP contribution in [0.25, 0.3) is 0 Å². The molecule has 3 aliphatic rings. The number of hydrogen-bond acceptors (Lipinski definition) is 4. The van der Waals surface area contributed by atoms with Crippen LogP contribution in [-0.4, -0.2) is 61.8 Å². The van der Waals surface area contributed by atoms with Crippen molar-refractivity contribution in [3.05, 3.63) is 65.7 Å². The molecule has 30 heavy (non-hydrogen) atoms. The molecule has 2 aromatic rings. The van der Waals surface area contributed by atoms with E-state index in [1.165, 1.54) is 11.6 Å². The van der Waals surface area contributed by atoms with Gasteiger partial charge in [0.1, 0.15) is 0 Å². The van der Waals surface area contributed by atoms with E-state index in [1.54, 1.807) is 22.5 Å². The number of benzene rings is 2. The zero-order chi connectivity index (χ0) is 20.7. The Morgan fingerprint density at radius 2 is 1.83 bits per heavy atom. The van der Waals surface area contributed by atoms with E-state index in [0.717, 1.165) is 32.4 Å². The molecule has 0 radical (unpaired) electrons. The molecule has 1 aliphatic carbocycles. The lowest BCUT2D eigenvalue weighted by Crippen LogP contribution is -2.51. The molecule has 0 spiro atoms. The zero-order valence-corrected chi connectivity index (χ0v) is 17.7. The maximum absolute atomic E-state index is 13.2. The van der Waals surface area contributed by atoms with Gasteiger partial charge >= 0.3 is 0 Å². The molecule has 2 saturated heterocycles. The number of rotatable bonds is 5. The first-order valence-corrected chi connectivity index (χ1v) is 12.2. The van der Waals surface area contributed by atoms with Crippen LogP contribution in [0.4, 0.5) is 0 Å². The maximum Gasteiger partial charge on any atom is 0.251 e. The van der Waals surface area contributed by atoms with Gasteiger partial charge in [-0.25, -0.2) is 8.42 Å². The third kappa shape index (κ3) is 3.77. The molecule has 0 aromatic heterocycles. The van der Waals surface area contributed by atoms with E-state index < -0.39 is 10.0 Å². The number of fused-ring (bicyclic) bond motifs is 1. The Hall–Kier alpha value is -2.22. The standard InChI is InChI=1S/C23H27N3O3S/c27-23(24-22-15-21(22)17-6-2-1-3-7-17)18-8-4-10-20(14-18)30(28,29)26-13-12-25-11-5-9-19(25)16-26/h1-4,6-8,10,14,19,21-22H,5,9,11-13,15-16H2,(H,24,27)/t19-,21-,22+/m0/s1. The highest BCUT2D eigenvalue weighted by molar-refractivity contribution is 7.89. The number of amides is 1. The summed E-state index contributed by atoms with van der Waals surface area (Å²) >= 11 is 0. The Kier molecular flexibility index (Phi) is 5.13. The second-order valence-electron chi connectivity index (χ2n) is 8.56. The summed E-state index contributed by atoms with van der Waals surface area (Å²) in [7, 11) is -3.60. The third-order valence-electron chi connectivity index (χ3n) is 6.62. The fraction of sp³-hybridized carbons (Fsp3) is 0.435. The molecule has 3 atom stereocenters. The van der Waals surface area contributed by atoms with Crippen molar-refractivity contribution in [3.8, 4) is 0 Å². The Bertz CT molecular complexity index is 1040. The van der Waals surface area contributed by atoms with Crippen LogP contribution < -0.4 is 5.32 Å². The highest BCUT2D eigenvalue weighted by Gasteiger charge is 2.40. The quantitative estimate of drug-likeness (QED) is 0.799. The molecule has 1 amide bonds. The molecule has 3 fully saturated rings. The number of piperazine rings is 1. The monoisotopic (exact) mass is 425 g/mol. The first kappa shape index (κ1) is 19.7. The molecule has 5 rings (SSSR count).